The van der Waals surface area contributed by atoms with E-state index in [9.17, 15) is 4.79 Å². The molecule has 0 aliphatic heterocycles. The Bertz CT molecular complexity index is 303. The smallest absolute Gasteiger partial charge is 0.407 e. The van der Waals surface area contributed by atoms with Crippen molar-refractivity contribution < 1.29 is 9.53 Å². The predicted molar refractivity (Wildman–Crippen MR) is 88.3 cm³/mol. The van der Waals surface area contributed by atoms with Gasteiger partial charge in [0.15, 0.2) is 0 Å². The normalized spacial score (nSPS) is 11.0. The van der Waals surface area contributed by atoms with Gasteiger partial charge in [-0.05, 0) is 40.2 Å². The van der Waals surface area contributed by atoms with Crippen LogP contribution in [0.2, 0.25) is 0 Å². The highest BCUT2D eigenvalue weighted by Gasteiger charge is 2.15. The third kappa shape index (κ3) is 16.7. The summed E-state index contributed by atoms with van der Waals surface area (Å²) in [6.07, 6.45) is 12.8. The molecule has 0 saturated carbocycles. The van der Waals surface area contributed by atoms with Crippen LogP contribution in [0, 0.1) is 12.3 Å². The van der Waals surface area contributed by atoms with Gasteiger partial charge in [0.1, 0.15) is 5.60 Å². The van der Waals surface area contributed by atoms with Gasteiger partial charge in [-0.1, -0.05) is 25.7 Å². The number of carbonyl (C=O) groups is 1. The first kappa shape index (κ1) is 19.8. The van der Waals surface area contributed by atoms with E-state index in [1.165, 1.54) is 25.7 Å². The Morgan fingerprint density at radius 3 is 2.14 bits per heavy atom. The molecule has 0 aromatic rings. The average Bonchev–Trinajstić information content (AvgIpc) is 2.38. The van der Waals surface area contributed by atoms with Gasteiger partial charge < -0.3 is 15.4 Å². The first-order valence-electron chi connectivity index (χ1n) is 8.07. The highest BCUT2D eigenvalue weighted by Crippen LogP contribution is 2.07. The second-order valence-electron chi connectivity index (χ2n) is 6.25. The fourth-order valence-electron chi connectivity index (χ4n) is 1.87. The summed E-state index contributed by atoms with van der Waals surface area (Å²) in [5, 5.41) is 6.11. The minimum atomic E-state index is -0.418. The van der Waals surface area contributed by atoms with Crippen LogP contribution in [0.4, 0.5) is 4.79 Å². The quantitative estimate of drug-likeness (QED) is 0.453. The summed E-state index contributed by atoms with van der Waals surface area (Å²) >= 11 is 0. The summed E-state index contributed by atoms with van der Waals surface area (Å²) in [7, 11) is 0. The van der Waals surface area contributed by atoms with Crippen molar-refractivity contribution in [3.63, 3.8) is 0 Å². The van der Waals surface area contributed by atoms with Gasteiger partial charge in [-0.15, -0.1) is 12.3 Å². The molecule has 0 rings (SSSR count). The topological polar surface area (TPSA) is 50.4 Å². The molecule has 122 valence electrons. The molecule has 0 heterocycles. The number of alkyl carbamates (subject to hydrolysis) is 1. The van der Waals surface area contributed by atoms with Crippen LogP contribution < -0.4 is 10.6 Å². The summed E-state index contributed by atoms with van der Waals surface area (Å²) in [5.74, 6) is 2.62. The lowest BCUT2D eigenvalue weighted by atomic mass is 10.1. The molecule has 4 nitrogen and oxygen atoms in total. The number of rotatable bonds is 11. The predicted octanol–water partition coefficient (Wildman–Crippen LogP) is 3.46. The van der Waals surface area contributed by atoms with Crippen molar-refractivity contribution in [2.24, 2.45) is 0 Å². The second kappa shape index (κ2) is 12.5. The summed E-state index contributed by atoms with van der Waals surface area (Å²) in [6.45, 7) is 8.28. The largest absolute Gasteiger partial charge is 0.444 e. The maximum atomic E-state index is 11.4. The average molecular weight is 296 g/mol. The molecule has 2 N–H and O–H groups in total. The number of carbonyl (C=O) groups excluding carboxylic acids is 1. The molecule has 0 aliphatic carbocycles. The highest BCUT2D eigenvalue weighted by atomic mass is 16.6. The van der Waals surface area contributed by atoms with Crippen LogP contribution >= 0.6 is 0 Å². The monoisotopic (exact) mass is 296 g/mol. The van der Waals surface area contributed by atoms with E-state index >= 15 is 0 Å². The van der Waals surface area contributed by atoms with Gasteiger partial charge in [0.25, 0.3) is 0 Å². The van der Waals surface area contributed by atoms with Crippen LogP contribution in [0.3, 0.4) is 0 Å². The molecule has 0 unspecified atom stereocenters. The molecule has 0 spiro atoms. The van der Waals surface area contributed by atoms with Crippen LogP contribution in [-0.2, 0) is 4.74 Å². The molecule has 1 amide bonds. The Labute approximate surface area is 130 Å². The molecule has 0 fully saturated rings. The summed E-state index contributed by atoms with van der Waals surface area (Å²) in [4.78, 5) is 11.4. The number of unbranched alkanes of at least 4 members (excludes halogenated alkanes) is 5. The van der Waals surface area contributed by atoms with Crippen LogP contribution in [0.5, 0.6) is 0 Å². The van der Waals surface area contributed by atoms with Crippen molar-refractivity contribution >= 4 is 6.09 Å². The lowest BCUT2D eigenvalue weighted by Gasteiger charge is -2.19. The summed E-state index contributed by atoms with van der Waals surface area (Å²) < 4.78 is 5.17. The van der Waals surface area contributed by atoms with E-state index in [2.05, 4.69) is 16.6 Å². The van der Waals surface area contributed by atoms with E-state index in [-0.39, 0.29) is 6.09 Å². The van der Waals surface area contributed by atoms with Crippen molar-refractivity contribution in [1.29, 1.82) is 0 Å². The Morgan fingerprint density at radius 1 is 1.00 bits per heavy atom. The molecule has 0 aliphatic rings. The summed E-state index contributed by atoms with van der Waals surface area (Å²) in [5.41, 5.74) is -0.418. The van der Waals surface area contributed by atoms with Gasteiger partial charge in [0, 0.05) is 19.5 Å². The molecular weight excluding hydrogens is 264 g/mol. The Balaban J connectivity index is 3.19. The molecule has 0 bridgehead atoms. The Hall–Kier alpha value is -1.21. The van der Waals surface area contributed by atoms with E-state index in [1.807, 2.05) is 20.8 Å². The van der Waals surface area contributed by atoms with E-state index in [4.69, 9.17) is 11.2 Å². The van der Waals surface area contributed by atoms with Crippen molar-refractivity contribution in [3.8, 4) is 12.3 Å². The van der Waals surface area contributed by atoms with Crippen molar-refractivity contribution in [2.75, 3.05) is 19.6 Å². The lowest BCUT2D eigenvalue weighted by Crippen LogP contribution is -2.32. The Morgan fingerprint density at radius 2 is 1.57 bits per heavy atom. The number of hydrogen-bond donors (Lipinski definition) is 2. The summed E-state index contributed by atoms with van der Waals surface area (Å²) in [6, 6.07) is 0. The van der Waals surface area contributed by atoms with Crippen molar-refractivity contribution in [3.05, 3.63) is 0 Å². The maximum absolute atomic E-state index is 11.4. The van der Waals surface area contributed by atoms with Crippen LogP contribution in [0.15, 0.2) is 0 Å². The van der Waals surface area contributed by atoms with E-state index in [0.717, 1.165) is 32.4 Å². The van der Waals surface area contributed by atoms with Gasteiger partial charge in [-0.2, -0.15) is 0 Å². The van der Waals surface area contributed by atoms with Gasteiger partial charge in [-0.25, -0.2) is 4.79 Å². The van der Waals surface area contributed by atoms with Crippen LogP contribution in [-0.4, -0.2) is 31.3 Å². The van der Waals surface area contributed by atoms with E-state index < -0.39 is 5.60 Å². The number of terminal acetylenes is 1. The first-order chi connectivity index (χ1) is 9.95. The van der Waals surface area contributed by atoms with Gasteiger partial charge in [0.2, 0.25) is 0 Å². The zero-order valence-corrected chi connectivity index (χ0v) is 14.0. The maximum Gasteiger partial charge on any atom is 0.407 e. The third-order valence-electron chi connectivity index (χ3n) is 2.89. The molecule has 4 heteroatoms. The fraction of sp³-hybridized carbons (Fsp3) is 0.824. The molecule has 0 saturated heterocycles. The van der Waals surface area contributed by atoms with E-state index in [0.29, 0.717) is 6.54 Å². The third-order valence-corrected chi connectivity index (χ3v) is 2.89. The number of ether oxygens (including phenoxy) is 1. The Kier molecular flexibility index (Phi) is 11.8. The van der Waals surface area contributed by atoms with Gasteiger partial charge in [-0.3, -0.25) is 0 Å². The van der Waals surface area contributed by atoms with Crippen molar-refractivity contribution in [2.45, 2.75) is 71.3 Å². The molecule has 0 aromatic carbocycles. The zero-order valence-electron chi connectivity index (χ0n) is 14.0. The molecule has 0 atom stereocenters. The minimum absolute atomic E-state index is 0.319. The molecule has 0 radical (unpaired) electrons. The number of hydrogen-bond acceptors (Lipinski definition) is 3. The first-order valence-corrected chi connectivity index (χ1v) is 8.07. The van der Waals surface area contributed by atoms with Gasteiger partial charge >= 0.3 is 6.09 Å². The van der Waals surface area contributed by atoms with Crippen LogP contribution in [0.1, 0.15) is 65.7 Å². The van der Waals surface area contributed by atoms with Crippen molar-refractivity contribution in [1.82, 2.24) is 10.6 Å². The minimum Gasteiger partial charge on any atom is -0.444 e. The highest BCUT2D eigenvalue weighted by molar-refractivity contribution is 5.67. The van der Waals surface area contributed by atoms with Gasteiger partial charge in [0.05, 0.1) is 0 Å². The molecular formula is C17H32N2O2. The standard InChI is InChI=1S/C17H32N2O2/c1-5-6-13-18-14-11-9-7-8-10-12-15-19-16(20)21-17(2,3)4/h1,18H,6-15H2,2-4H3,(H,19,20). The molecule has 0 aromatic heterocycles. The van der Waals surface area contributed by atoms with Crippen LogP contribution in [0.25, 0.3) is 0 Å². The fourth-order valence-corrected chi connectivity index (χ4v) is 1.87. The molecule has 21 heavy (non-hydrogen) atoms. The van der Waals surface area contributed by atoms with E-state index in [1.54, 1.807) is 0 Å². The number of nitrogens with one attached hydrogen (secondary N) is 2. The second-order valence-corrected chi connectivity index (χ2v) is 6.25. The zero-order chi connectivity index (χ0) is 16.0. The SMILES string of the molecule is C#CCCNCCCCCCCCNC(=O)OC(C)(C)C. The number of amides is 1. The lowest BCUT2D eigenvalue weighted by molar-refractivity contribution is 0.0527.